The summed E-state index contributed by atoms with van der Waals surface area (Å²) in [7, 11) is -1.59. The Morgan fingerprint density at radius 3 is 2.10 bits per heavy atom. The fraction of sp³-hybridized carbons (Fsp3) is 0.824. The second-order valence-electron chi connectivity index (χ2n) is 7.75. The number of ether oxygens (including phenoxy) is 1. The van der Waals surface area contributed by atoms with E-state index in [1.54, 1.807) is 0 Å². The maximum absolute atomic E-state index is 12.6. The minimum absolute atomic E-state index is 0.0188. The summed E-state index contributed by atoms with van der Waals surface area (Å²) in [6.45, 7) is 15.0. The molecule has 1 amide bonds. The van der Waals surface area contributed by atoms with Gasteiger partial charge in [-0.3, -0.25) is 0 Å². The average molecular weight is 312 g/mol. The number of carbonyl (C=O) groups is 1. The van der Waals surface area contributed by atoms with Crippen molar-refractivity contribution in [3.63, 3.8) is 0 Å². The van der Waals surface area contributed by atoms with Gasteiger partial charge in [-0.15, -0.1) is 0 Å². The number of amides is 1. The molecule has 0 aromatic heterocycles. The molecule has 4 heteroatoms. The van der Waals surface area contributed by atoms with Crippen LogP contribution in [0.2, 0.25) is 19.6 Å². The smallest absolute Gasteiger partial charge is 0.410 e. The average Bonchev–Trinajstić information content (AvgIpc) is 2.34. The van der Waals surface area contributed by atoms with Crippen LogP contribution in [0.25, 0.3) is 0 Å². The van der Waals surface area contributed by atoms with Crippen molar-refractivity contribution in [3.05, 3.63) is 11.6 Å². The van der Waals surface area contributed by atoms with E-state index in [9.17, 15) is 4.79 Å². The van der Waals surface area contributed by atoms with Crippen molar-refractivity contribution in [2.24, 2.45) is 0 Å². The van der Waals surface area contributed by atoms with E-state index in [4.69, 9.17) is 4.74 Å². The molecule has 3 nitrogen and oxygen atoms in total. The third-order valence-electron chi connectivity index (χ3n) is 3.99. The van der Waals surface area contributed by atoms with Crippen LogP contribution < -0.4 is 0 Å². The summed E-state index contributed by atoms with van der Waals surface area (Å²) in [6, 6.07) is 0.334. The highest BCUT2D eigenvalue weighted by atomic mass is 28.3. The van der Waals surface area contributed by atoms with Crippen molar-refractivity contribution in [1.82, 2.24) is 4.90 Å². The van der Waals surface area contributed by atoms with E-state index >= 15 is 0 Å². The Hall–Kier alpha value is -0.773. The molecule has 0 aromatic carbocycles. The lowest BCUT2D eigenvalue weighted by molar-refractivity contribution is 0.0732. The molecule has 1 aliphatic rings. The van der Waals surface area contributed by atoms with Gasteiger partial charge in [-0.2, -0.15) is 0 Å². The molecular formula is C17H33NO2Si. The highest BCUT2D eigenvalue weighted by molar-refractivity contribution is 6.78. The lowest BCUT2D eigenvalue weighted by Gasteiger charge is -2.36. The topological polar surface area (TPSA) is 29.5 Å². The first kappa shape index (κ1) is 18.3. The van der Waals surface area contributed by atoms with Gasteiger partial charge in [0, 0.05) is 12.1 Å². The highest BCUT2D eigenvalue weighted by Crippen LogP contribution is 2.28. The molecule has 0 radical (unpaired) electrons. The number of hydrogen-bond acceptors (Lipinski definition) is 2. The molecule has 1 atom stereocenters. The van der Waals surface area contributed by atoms with Crippen molar-refractivity contribution in [2.75, 3.05) is 0 Å². The predicted molar refractivity (Wildman–Crippen MR) is 92.3 cm³/mol. The van der Waals surface area contributed by atoms with E-state index < -0.39 is 8.07 Å². The van der Waals surface area contributed by atoms with Gasteiger partial charge in [0.1, 0.15) is 5.73 Å². The minimum atomic E-state index is -1.59. The molecule has 0 aliphatic heterocycles. The molecule has 0 saturated heterocycles. The lowest BCUT2D eigenvalue weighted by atomic mass is 10.0. The van der Waals surface area contributed by atoms with Crippen LogP contribution in [0.5, 0.6) is 0 Å². The Kier molecular flexibility index (Phi) is 6.51. The number of carbonyl (C=O) groups excluding carboxylic acids is 1. The van der Waals surface area contributed by atoms with Crippen LogP contribution in [0.15, 0.2) is 11.6 Å². The quantitative estimate of drug-likeness (QED) is 0.529. The van der Waals surface area contributed by atoms with E-state index in [-0.39, 0.29) is 23.9 Å². The van der Waals surface area contributed by atoms with Gasteiger partial charge in [-0.25, -0.2) is 4.79 Å². The number of nitrogens with zero attached hydrogens (tertiary/aromatic N) is 1. The zero-order valence-electron chi connectivity index (χ0n) is 14.9. The maximum atomic E-state index is 12.6. The summed E-state index contributed by atoms with van der Waals surface area (Å²) in [5.41, 5.74) is 1.38. The zero-order valence-corrected chi connectivity index (χ0v) is 15.9. The summed E-state index contributed by atoms with van der Waals surface area (Å²) in [5, 5.41) is 0. The Morgan fingerprint density at radius 1 is 1.14 bits per heavy atom. The predicted octanol–water partition coefficient (Wildman–Crippen LogP) is 4.99. The Bertz CT molecular complexity index is 375. The molecule has 1 rings (SSSR count). The first-order valence-electron chi connectivity index (χ1n) is 8.32. The molecule has 0 spiro atoms. The zero-order chi connectivity index (χ0) is 16.2. The van der Waals surface area contributed by atoms with Crippen LogP contribution >= 0.6 is 0 Å². The van der Waals surface area contributed by atoms with Gasteiger partial charge in [0.05, 0.1) is 8.07 Å². The standard InChI is InChI=1S/C17H33NO2Si/c1-13(2)18(14(3)4)17(19)20-16(21(5,6)7)15-11-9-8-10-12-15/h11,13-14,16H,8-10,12H2,1-7H3/t16-/m0/s1. The highest BCUT2D eigenvalue weighted by Gasteiger charge is 2.35. The van der Waals surface area contributed by atoms with Gasteiger partial charge in [0.15, 0.2) is 0 Å². The van der Waals surface area contributed by atoms with Crippen LogP contribution in [0, 0.1) is 0 Å². The normalized spacial score (nSPS) is 17.7. The summed E-state index contributed by atoms with van der Waals surface area (Å²) >= 11 is 0. The van der Waals surface area contributed by atoms with E-state index in [1.807, 2.05) is 32.6 Å². The first-order chi connectivity index (χ1) is 9.64. The molecule has 0 fully saturated rings. The number of hydrogen-bond donors (Lipinski definition) is 0. The monoisotopic (exact) mass is 311 g/mol. The summed E-state index contributed by atoms with van der Waals surface area (Å²) < 4.78 is 6.02. The molecule has 0 bridgehead atoms. The van der Waals surface area contributed by atoms with Crippen molar-refractivity contribution >= 4 is 14.2 Å². The molecular weight excluding hydrogens is 278 g/mol. The fourth-order valence-corrected chi connectivity index (χ4v) is 4.92. The van der Waals surface area contributed by atoms with E-state index in [0.29, 0.717) is 0 Å². The lowest BCUT2D eigenvalue weighted by Crippen LogP contribution is -2.49. The van der Waals surface area contributed by atoms with Crippen LogP contribution in [-0.4, -0.2) is 36.9 Å². The number of rotatable bonds is 5. The van der Waals surface area contributed by atoms with E-state index in [2.05, 4.69) is 25.7 Å². The van der Waals surface area contributed by atoms with Gasteiger partial charge in [-0.1, -0.05) is 25.7 Å². The van der Waals surface area contributed by atoms with Crippen molar-refractivity contribution in [2.45, 2.75) is 90.8 Å². The van der Waals surface area contributed by atoms with Crippen molar-refractivity contribution < 1.29 is 9.53 Å². The summed E-state index contributed by atoms with van der Waals surface area (Å²) in [5.74, 6) is 0. The second kappa shape index (κ2) is 7.48. The van der Waals surface area contributed by atoms with Gasteiger partial charge in [0.2, 0.25) is 0 Å². The molecule has 21 heavy (non-hydrogen) atoms. The van der Waals surface area contributed by atoms with Gasteiger partial charge < -0.3 is 9.64 Å². The minimum Gasteiger partial charge on any atom is -0.446 e. The van der Waals surface area contributed by atoms with Crippen molar-refractivity contribution in [1.29, 1.82) is 0 Å². The van der Waals surface area contributed by atoms with Gasteiger partial charge in [-0.05, 0) is 59.0 Å². The third kappa shape index (κ3) is 5.17. The van der Waals surface area contributed by atoms with E-state index in [1.165, 1.54) is 18.4 Å². The van der Waals surface area contributed by atoms with Gasteiger partial charge in [0.25, 0.3) is 0 Å². The molecule has 0 unspecified atom stereocenters. The SMILES string of the molecule is CC(C)N(C(=O)O[C@H](C1=CCCCC1)[Si](C)(C)C)C(C)C. The largest absolute Gasteiger partial charge is 0.446 e. The first-order valence-corrected chi connectivity index (χ1v) is 11.9. The van der Waals surface area contributed by atoms with Gasteiger partial charge >= 0.3 is 6.09 Å². The maximum Gasteiger partial charge on any atom is 0.410 e. The Morgan fingerprint density at radius 2 is 1.71 bits per heavy atom. The van der Waals surface area contributed by atoms with Crippen LogP contribution in [0.4, 0.5) is 4.79 Å². The van der Waals surface area contributed by atoms with Crippen LogP contribution in [-0.2, 0) is 4.74 Å². The van der Waals surface area contributed by atoms with Crippen LogP contribution in [0.1, 0.15) is 53.4 Å². The van der Waals surface area contributed by atoms with Crippen LogP contribution in [0.3, 0.4) is 0 Å². The number of allylic oxidation sites excluding steroid dienone is 1. The fourth-order valence-electron chi connectivity index (χ4n) is 3.09. The van der Waals surface area contributed by atoms with E-state index in [0.717, 1.165) is 12.8 Å². The second-order valence-corrected chi connectivity index (χ2v) is 13.0. The molecule has 1 aliphatic carbocycles. The Balaban J connectivity index is 2.91. The molecule has 0 aromatic rings. The molecule has 0 N–H and O–H groups in total. The molecule has 122 valence electrons. The molecule has 0 saturated carbocycles. The van der Waals surface area contributed by atoms with Crippen molar-refractivity contribution in [3.8, 4) is 0 Å². The third-order valence-corrected chi connectivity index (χ3v) is 6.05. The summed E-state index contributed by atoms with van der Waals surface area (Å²) in [6.07, 6.45) is 6.87. The molecule has 0 heterocycles. The Labute approximate surface area is 131 Å². The summed E-state index contributed by atoms with van der Waals surface area (Å²) in [4.78, 5) is 14.5.